The molecule has 1 aromatic rings. The van der Waals surface area contributed by atoms with Gasteiger partial charge in [0, 0.05) is 4.90 Å². The van der Waals surface area contributed by atoms with E-state index in [4.69, 9.17) is 0 Å². The van der Waals surface area contributed by atoms with Crippen molar-refractivity contribution < 1.29 is 18.0 Å². The Hall–Kier alpha value is -0.490. The molecule has 0 N–H and O–H groups in total. The molecule has 0 aromatic heterocycles. The Morgan fingerprint density at radius 3 is 2.44 bits per heavy atom. The van der Waals surface area contributed by atoms with Crippen LogP contribution < -0.4 is 0 Å². The topological polar surface area (TPSA) is 17.1 Å². The van der Waals surface area contributed by atoms with Crippen LogP contribution in [0.2, 0.25) is 0 Å². The van der Waals surface area contributed by atoms with Gasteiger partial charge in [0.25, 0.3) is 0 Å². The fraction of sp³-hybridized carbons (Fsp3) is 0.300. The second kappa shape index (κ2) is 4.79. The summed E-state index contributed by atoms with van der Waals surface area (Å²) in [7, 11) is 0. The molecule has 1 nitrogen and oxygen atoms in total. The monoisotopic (exact) mass is 312 g/mol. The lowest BCUT2D eigenvalue weighted by molar-refractivity contribution is -0.139. The predicted octanol–water partition coefficient (Wildman–Crippen LogP) is 4.02. The van der Waals surface area contributed by atoms with Crippen molar-refractivity contribution in [1.29, 1.82) is 0 Å². The highest BCUT2D eigenvalue weighted by Crippen LogP contribution is 2.38. The third kappa shape index (κ3) is 2.79. The van der Waals surface area contributed by atoms with E-state index in [2.05, 4.69) is 28.6 Å². The van der Waals surface area contributed by atoms with Crippen molar-refractivity contribution in [3.63, 3.8) is 0 Å². The predicted molar refractivity (Wildman–Crippen MR) is 61.0 cm³/mol. The molecule has 0 saturated heterocycles. The van der Waals surface area contributed by atoms with E-state index in [9.17, 15) is 18.0 Å². The van der Waals surface area contributed by atoms with Crippen LogP contribution in [0, 0.1) is 0 Å². The van der Waals surface area contributed by atoms with Gasteiger partial charge in [0.05, 0.1) is 10.4 Å². The van der Waals surface area contributed by atoms with Gasteiger partial charge in [-0.25, -0.2) is 0 Å². The second-order valence-corrected chi connectivity index (χ2v) is 4.58. The summed E-state index contributed by atoms with van der Waals surface area (Å²) in [6, 6.07) is 3.64. The molecule has 16 heavy (non-hydrogen) atoms. The lowest BCUT2D eigenvalue weighted by Gasteiger charge is -2.15. The van der Waals surface area contributed by atoms with E-state index >= 15 is 0 Å². The number of halogens is 4. The molecular weight excluding hydrogens is 305 g/mol. The first-order chi connectivity index (χ1) is 7.25. The van der Waals surface area contributed by atoms with Gasteiger partial charge in [-0.3, -0.25) is 4.79 Å². The maximum atomic E-state index is 12.5. The minimum Gasteiger partial charge on any atom is -0.298 e. The molecule has 0 aliphatic rings. The van der Waals surface area contributed by atoms with Crippen molar-refractivity contribution >= 4 is 34.3 Å². The second-order valence-electron chi connectivity index (χ2n) is 3.21. The molecule has 6 heteroatoms. The molecule has 0 radical (unpaired) electrons. The quantitative estimate of drug-likeness (QED) is 0.645. The maximum absolute atomic E-state index is 12.5. The lowest BCUT2D eigenvalue weighted by atomic mass is 10.1. The average Bonchev–Trinajstić information content (AvgIpc) is 2.15. The summed E-state index contributed by atoms with van der Waals surface area (Å²) in [6.45, 7) is 1.30. The number of carbonyl (C=O) groups is 1. The van der Waals surface area contributed by atoms with Gasteiger partial charge in [-0.05, 0) is 18.6 Å². The smallest absolute Gasteiger partial charge is 0.298 e. The molecular formula is C10H8BrF3OS. The minimum atomic E-state index is -4.46. The molecule has 88 valence electrons. The maximum Gasteiger partial charge on any atom is 0.417 e. The van der Waals surface area contributed by atoms with Crippen LogP contribution >= 0.6 is 28.6 Å². The number of rotatable bonds is 2. The Kier molecular flexibility index (Phi) is 4.07. The van der Waals surface area contributed by atoms with Crippen LogP contribution in [-0.2, 0) is 11.0 Å². The van der Waals surface area contributed by atoms with E-state index in [1.807, 2.05) is 0 Å². The number of thiol groups is 1. The van der Waals surface area contributed by atoms with Crippen LogP contribution in [0.5, 0.6) is 0 Å². The molecule has 1 rings (SSSR count). The first-order valence-corrected chi connectivity index (χ1v) is 5.65. The van der Waals surface area contributed by atoms with Crippen molar-refractivity contribution in [3.05, 3.63) is 29.3 Å². The van der Waals surface area contributed by atoms with Crippen molar-refractivity contribution in [2.24, 2.45) is 0 Å². The molecule has 1 atom stereocenters. The highest BCUT2D eigenvalue weighted by Gasteiger charge is 2.34. The Morgan fingerprint density at radius 2 is 2.00 bits per heavy atom. The number of benzene rings is 1. The number of ketones is 1. The number of hydrogen-bond donors (Lipinski definition) is 1. The van der Waals surface area contributed by atoms with Crippen LogP contribution in [0.25, 0.3) is 0 Å². The van der Waals surface area contributed by atoms with Gasteiger partial charge in [0.1, 0.15) is 5.78 Å². The van der Waals surface area contributed by atoms with Crippen molar-refractivity contribution in [3.8, 4) is 0 Å². The van der Waals surface area contributed by atoms with Crippen LogP contribution in [0.15, 0.2) is 23.1 Å². The van der Waals surface area contributed by atoms with Gasteiger partial charge in [0.2, 0.25) is 0 Å². The third-order valence-corrected chi connectivity index (χ3v) is 3.64. The minimum absolute atomic E-state index is 0.216. The molecule has 0 spiro atoms. The first-order valence-electron chi connectivity index (χ1n) is 4.28. The number of Topliss-reactive ketones (excluding diaryl/α,β-unsaturated/α-hetero) is 1. The molecule has 0 bridgehead atoms. The van der Waals surface area contributed by atoms with Crippen molar-refractivity contribution in [1.82, 2.24) is 0 Å². The van der Waals surface area contributed by atoms with Crippen molar-refractivity contribution in [2.45, 2.75) is 22.8 Å². The largest absolute Gasteiger partial charge is 0.417 e. The molecule has 0 aliphatic carbocycles. The summed E-state index contributed by atoms with van der Waals surface area (Å²) in [6.07, 6.45) is -4.46. The Balaban J connectivity index is 3.30. The summed E-state index contributed by atoms with van der Waals surface area (Å²) in [5.74, 6) is -0.269. The zero-order valence-electron chi connectivity index (χ0n) is 8.18. The first kappa shape index (κ1) is 13.6. The zero-order chi connectivity index (χ0) is 12.5. The van der Waals surface area contributed by atoms with Crippen LogP contribution in [0.3, 0.4) is 0 Å². The summed E-state index contributed by atoms with van der Waals surface area (Å²) in [5, 5.41) is 0. The van der Waals surface area contributed by atoms with Gasteiger partial charge >= 0.3 is 6.18 Å². The van der Waals surface area contributed by atoms with E-state index in [-0.39, 0.29) is 16.2 Å². The van der Waals surface area contributed by atoms with Gasteiger partial charge in [-0.1, -0.05) is 28.1 Å². The average molecular weight is 313 g/mol. The SMILES string of the molecule is CC(=O)C(Br)c1cccc(C(F)(F)F)c1S. The Bertz CT molecular complexity index is 417. The number of hydrogen-bond acceptors (Lipinski definition) is 2. The van der Waals surface area contributed by atoms with E-state index < -0.39 is 16.6 Å². The van der Waals surface area contributed by atoms with Gasteiger partial charge < -0.3 is 0 Å². The van der Waals surface area contributed by atoms with E-state index in [0.717, 1.165) is 6.07 Å². The summed E-state index contributed by atoms with van der Waals surface area (Å²) in [4.78, 5) is 10.1. The lowest BCUT2D eigenvalue weighted by Crippen LogP contribution is -2.10. The highest BCUT2D eigenvalue weighted by molar-refractivity contribution is 9.09. The Morgan fingerprint density at radius 1 is 1.44 bits per heavy atom. The summed E-state index contributed by atoms with van der Waals surface area (Å²) in [5.41, 5.74) is -0.607. The number of carbonyl (C=O) groups excluding carboxylic acids is 1. The third-order valence-electron chi connectivity index (χ3n) is 2.00. The fourth-order valence-electron chi connectivity index (χ4n) is 1.21. The molecule has 1 unspecified atom stereocenters. The fourth-order valence-corrected chi connectivity index (χ4v) is 2.18. The summed E-state index contributed by atoms with van der Waals surface area (Å²) >= 11 is 6.87. The summed E-state index contributed by atoms with van der Waals surface area (Å²) < 4.78 is 37.6. The molecule has 0 heterocycles. The normalized spacial score (nSPS) is 13.6. The van der Waals surface area contributed by atoms with Gasteiger partial charge in [0.15, 0.2) is 0 Å². The van der Waals surface area contributed by atoms with Crippen molar-refractivity contribution in [2.75, 3.05) is 0 Å². The van der Waals surface area contributed by atoms with Crippen LogP contribution in [0.1, 0.15) is 22.9 Å². The zero-order valence-corrected chi connectivity index (χ0v) is 10.7. The molecule has 0 fully saturated rings. The standard InChI is InChI=1S/C10H8BrF3OS/c1-5(15)8(11)6-3-2-4-7(9(6)16)10(12,13)14/h2-4,8,16H,1H3. The van der Waals surface area contributed by atoms with Gasteiger partial charge in [-0.15, -0.1) is 12.6 Å². The van der Waals surface area contributed by atoms with E-state index in [1.165, 1.54) is 19.1 Å². The van der Waals surface area contributed by atoms with E-state index in [0.29, 0.717) is 0 Å². The van der Waals surface area contributed by atoms with Crippen LogP contribution in [0.4, 0.5) is 13.2 Å². The molecule has 1 aromatic carbocycles. The Labute approximate surface area is 105 Å². The molecule has 0 saturated carbocycles. The number of alkyl halides is 4. The van der Waals surface area contributed by atoms with Gasteiger partial charge in [-0.2, -0.15) is 13.2 Å². The molecule has 0 amide bonds. The van der Waals surface area contributed by atoms with E-state index in [1.54, 1.807) is 0 Å². The highest BCUT2D eigenvalue weighted by atomic mass is 79.9. The van der Waals surface area contributed by atoms with Crippen LogP contribution in [-0.4, -0.2) is 5.78 Å². The molecule has 0 aliphatic heterocycles.